The van der Waals surface area contributed by atoms with Crippen molar-refractivity contribution < 1.29 is 12.7 Å². The number of oxime groups is 1. The molecule has 0 unspecified atom stereocenters. The first kappa shape index (κ1) is 15.5. The van der Waals surface area contributed by atoms with Crippen molar-refractivity contribution in [1.82, 2.24) is 0 Å². The van der Waals surface area contributed by atoms with E-state index in [9.17, 15) is 8.42 Å². The van der Waals surface area contributed by atoms with Gasteiger partial charge in [0.15, 0.2) is 0 Å². The Kier molecular flexibility index (Phi) is 7.32. The molecule has 0 bridgehead atoms. The van der Waals surface area contributed by atoms with Gasteiger partial charge in [-0.1, -0.05) is 50.1 Å². The van der Waals surface area contributed by atoms with Crippen molar-refractivity contribution in [2.75, 3.05) is 6.26 Å². The van der Waals surface area contributed by atoms with Crippen molar-refractivity contribution in [3.05, 3.63) is 0 Å². The van der Waals surface area contributed by atoms with Crippen molar-refractivity contribution in [1.29, 1.82) is 0 Å². The molecule has 0 radical (unpaired) electrons. The minimum absolute atomic E-state index is 0.871. The lowest BCUT2D eigenvalue weighted by Gasteiger charge is -2.08. The summed E-state index contributed by atoms with van der Waals surface area (Å²) < 4.78 is 26.4. The predicted octanol–water partition coefficient (Wildman–Crippen LogP) is 3.62. The molecule has 0 N–H and O–H groups in total. The predicted molar refractivity (Wildman–Crippen MR) is 74.2 cm³/mol. The zero-order valence-corrected chi connectivity index (χ0v) is 12.2. The maximum absolute atomic E-state index is 10.9. The van der Waals surface area contributed by atoms with Gasteiger partial charge in [-0.15, -0.1) is 0 Å². The van der Waals surface area contributed by atoms with Gasteiger partial charge in [-0.3, -0.25) is 4.28 Å². The first-order valence-corrected chi connectivity index (χ1v) is 8.84. The highest BCUT2D eigenvalue weighted by Gasteiger charge is 2.06. The second-order valence-corrected chi connectivity index (χ2v) is 6.68. The molecule has 1 saturated carbocycles. The Bertz CT molecular complexity index is 335. The minimum Gasteiger partial charge on any atom is -0.269 e. The van der Waals surface area contributed by atoms with Crippen molar-refractivity contribution in [3.8, 4) is 0 Å². The van der Waals surface area contributed by atoms with Crippen LogP contribution in [0, 0.1) is 0 Å². The number of nitrogens with zero attached hydrogens (tertiary/aromatic N) is 1. The largest absolute Gasteiger partial charge is 0.325 e. The van der Waals surface area contributed by atoms with Gasteiger partial charge in [0.05, 0.1) is 12.0 Å². The second kappa shape index (κ2) is 8.51. The Morgan fingerprint density at radius 2 is 1.22 bits per heavy atom. The third-order valence-electron chi connectivity index (χ3n) is 3.23. The summed E-state index contributed by atoms with van der Waals surface area (Å²) in [7, 11) is -3.46. The molecular formula is C13H25NO3S. The van der Waals surface area contributed by atoms with Crippen LogP contribution in [0.2, 0.25) is 0 Å². The Morgan fingerprint density at radius 3 is 1.61 bits per heavy atom. The van der Waals surface area contributed by atoms with Gasteiger partial charge in [-0.05, 0) is 25.7 Å². The molecule has 0 heterocycles. The maximum atomic E-state index is 10.9. The molecule has 0 amide bonds. The fraction of sp³-hybridized carbons (Fsp3) is 0.923. The molecule has 0 saturated heterocycles. The normalized spacial score (nSPS) is 20.6. The standard InChI is InChI=1S/C13H25NO3S/c1-18(15,16)17-14-13-11-9-7-5-3-2-4-6-8-10-12-13/h2-12H2,1H3. The fourth-order valence-corrected chi connectivity index (χ4v) is 2.47. The summed E-state index contributed by atoms with van der Waals surface area (Å²) in [6.45, 7) is 0. The van der Waals surface area contributed by atoms with Gasteiger partial charge < -0.3 is 0 Å². The molecule has 0 aromatic heterocycles. The maximum Gasteiger partial charge on any atom is 0.325 e. The Morgan fingerprint density at radius 1 is 0.833 bits per heavy atom. The summed E-state index contributed by atoms with van der Waals surface area (Å²) in [5.41, 5.74) is 0.904. The zero-order valence-electron chi connectivity index (χ0n) is 11.4. The summed E-state index contributed by atoms with van der Waals surface area (Å²) >= 11 is 0. The van der Waals surface area contributed by atoms with E-state index < -0.39 is 10.1 Å². The third kappa shape index (κ3) is 8.50. The highest BCUT2D eigenvalue weighted by atomic mass is 32.2. The molecule has 0 spiro atoms. The summed E-state index contributed by atoms with van der Waals surface area (Å²) in [5.74, 6) is 0. The van der Waals surface area contributed by atoms with Crippen LogP contribution in [0.4, 0.5) is 0 Å². The lowest BCUT2D eigenvalue weighted by molar-refractivity contribution is 0.340. The summed E-state index contributed by atoms with van der Waals surface area (Å²) in [4.78, 5) is 0. The summed E-state index contributed by atoms with van der Waals surface area (Å²) in [6.07, 6.45) is 13.9. The average molecular weight is 275 g/mol. The van der Waals surface area contributed by atoms with Crippen molar-refractivity contribution in [2.45, 2.75) is 70.6 Å². The van der Waals surface area contributed by atoms with E-state index in [1.54, 1.807) is 0 Å². The van der Waals surface area contributed by atoms with Gasteiger partial charge in [-0.25, -0.2) is 0 Å². The van der Waals surface area contributed by atoms with E-state index in [0.29, 0.717) is 0 Å². The molecule has 1 fully saturated rings. The van der Waals surface area contributed by atoms with E-state index in [0.717, 1.165) is 37.7 Å². The molecule has 1 rings (SSSR count). The summed E-state index contributed by atoms with van der Waals surface area (Å²) in [6, 6.07) is 0. The van der Waals surface area contributed by atoms with E-state index in [1.807, 2.05) is 0 Å². The van der Waals surface area contributed by atoms with Crippen LogP contribution in [0.5, 0.6) is 0 Å². The monoisotopic (exact) mass is 275 g/mol. The van der Waals surface area contributed by atoms with Crippen LogP contribution in [-0.2, 0) is 14.4 Å². The second-order valence-electron chi connectivity index (χ2n) is 5.12. The smallest absolute Gasteiger partial charge is 0.269 e. The molecule has 0 aliphatic heterocycles. The van der Waals surface area contributed by atoms with Crippen LogP contribution in [0.1, 0.15) is 70.6 Å². The lowest BCUT2D eigenvalue weighted by atomic mass is 10.00. The molecule has 106 valence electrons. The topological polar surface area (TPSA) is 55.7 Å². The molecule has 0 aromatic rings. The Labute approximate surface area is 111 Å². The molecule has 4 nitrogen and oxygen atoms in total. The fourth-order valence-electron chi connectivity index (χ4n) is 2.23. The van der Waals surface area contributed by atoms with Crippen LogP contribution in [0.25, 0.3) is 0 Å². The van der Waals surface area contributed by atoms with E-state index in [2.05, 4.69) is 9.44 Å². The van der Waals surface area contributed by atoms with E-state index >= 15 is 0 Å². The first-order valence-electron chi connectivity index (χ1n) is 7.02. The van der Waals surface area contributed by atoms with Gasteiger partial charge in [0.2, 0.25) is 0 Å². The van der Waals surface area contributed by atoms with Gasteiger partial charge in [-0.2, -0.15) is 8.42 Å². The van der Waals surface area contributed by atoms with Crippen molar-refractivity contribution in [2.24, 2.45) is 5.16 Å². The third-order valence-corrected chi connectivity index (χ3v) is 3.58. The average Bonchev–Trinajstić information content (AvgIpc) is 2.27. The quantitative estimate of drug-likeness (QED) is 0.723. The Balaban J connectivity index is 2.45. The molecule has 18 heavy (non-hydrogen) atoms. The molecule has 0 atom stereocenters. The van der Waals surface area contributed by atoms with Crippen LogP contribution >= 0.6 is 0 Å². The lowest BCUT2D eigenvalue weighted by Crippen LogP contribution is -2.04. The van der Waals surface area contributed by atoms with E-state index in [4.69, 9.17) is 0 Å². The van der Waals surface area contributed by atoms with Gasteiger partial charge >= 0.3 is 10.1 Å². The van der Waals surface area contributed by atoms with Crippen LogP contribution in [0.15, 0.2) is 5.16 Å². The van der Waals surface area contributed by atoms with Gasteiger partial charge in [0.25, 0.3) is 0 Å². The molecule has 1 aliphatic rings. The SMILES string of the molecule is CS(=O)(=O)ON=C1CCCCCCCCCCC1. The highest BCUT2D eigenvalue weighted by Crippen LogP contribution is 2.15. The minimum atomic E-state index is -3.46. The van der Waals surface area contributed by atoms with Crippen molar-refractivity contribution >= 4 is 15.8 Å². The molecule has 5 heteroatoms. The van der Waals surface area contributed by atoms with E-state index in [-0.39, 0.29) is 0 Å². The molecule has 1 aliphatic carbocycles. The van der Waals surface area contributed by atoms with Gasteiger partial charge in [0, 0.05) is 0 Å². The Hall–Kier alpha value is -0.580. The van der Waals surface area contributed by atoms with E-state index in [1.165, 1.54) is 44.9 Å². The first-order chi connectivity index (χ1) is 8.58. The zero-order chi connectivity index (χ0) is 13.3. The molecular weight excluding hydrogens is 250 g/mol. The van der Waals surface area contributed by atoms with Crippen LogP contribution in [0.3, 0.4) is 0 Å². The van der Waals surface area contributed by atoms with Crippen LogP contribution in [-0.4, -0.2) is 20.4 Å². The number of hydrogen-bond donors (Lipinski definition) is 0. The highest BCUT2D eigenvalue weighted by molar-refractivity contribution is 7.85. The van der Waals surface area contributed by atoms with Gasteiger partial charge in [0.1, 0.15) is 0 Å². The number of rotatable bonds is 2. The summed E-state index contributed by atoms with van der Waals surface area (Å²) in [5, 5.41) is 3.81. The van der Waals surface area contributed by atoms with Crippen molar-refractivity contribution in [3.63, 3.8) is 0 Å². The molecule has 0 aromatic carbocycles. The number of hydrogen-bond acceptors (Lipinski definition) is 4. The van der Waals surface area contributed by atoms with Crippen LogP contribution < -0.4 is 0 Å².